The summed E-state index contributed by atoms with van der Waals surface area (Å²) in [5.74, 6) is 1.10. The van der Waals surface area contributed by atoms with E-state index in [9.17, 15) is 9.59 Å². The SMILES string of the molecule is COc1ccc(-c2c(Nc3ccccc3C)oc3c2c(=O)n(C)c(=O)n3C)cc1. The van der Waals surface area contributed by atoms with Crippen LogP contribution in [-0.2, 0) is 14.1 Å². The van der Waals surface area contributed by atoms with Crippen molar-refractivity contribution in [1.82, 2.24) is 9.13 Å². The highest BCUT2D eigenvalue weighted by molar-refractivity contribution is 5.99. The van der Waals surface area contributed by atoms with E-state index >= 15 is 0 Å². The number of hydrogen-bond acceptors (Lipinski definition) is 5. The predicted molar refractivity (Wildman–Crippen MR) is 113 cm³/mol. The minimum atomic E-state index is -0.444. The van der Waals surface area contributed by atoms with Gasteiger partial charge >= 0.3 is 5.69 Å². The van der Waals surface area contributed by atoms with Crippen LogP contribution in [0.4, 0.5) is 11.6 Å². The molecule has 0 atom stereocenters. The number of methoxy groups -OCH3 is 1. The van der Waals surface area contributed by atoms with Crippen LogP contribution in [0.2, 0.25) is 0 Å². The molecule has 0 aliphatic heterocycles. The molecule has 0 saturated heterocycles. The summed E-state index contributed by atoms with van der Waals surface area (Å²) in [5.41, 5.74) is 2.62. The molecule has 2 aromatic heterocycles. The van der Waals surface area contributed by atoms with Gasteiger partial charge in [0.25, 0.3) is 5.56 Å². The van der Waals surface area contributed by atoms with E-state index < -0.39 is 11.2 Å². The zero-order valence-electron chi connectivity index (χ0n) is 16.6. The van der Waals surface area contributed by atoms with Crippen LogP contribution in [0.15, 0.2) is 62.5 Å². The Bertz CT molecular complexity index is 1330. The first-order chi connectivity index (χ1) is 13.9. The summed E-state index contributed by atoms with van der Waals surface area (Å²) in [6, 6.07) is 15.1. The number of nitrogens with zero attached hydrogens (tertiary/aromatic N) is 2. The van der Waals surface area contributed by atoms with Crippen molar-refractivity contribution in [2.75, 3.05) is 12.4 Å². The Morgan fingerprint density at radius 2 is 1.66 bits per heavy atom. The number of furan rings is 1. The van der Waals surface area contributed by atoms with Crippen molar-refractivity contribution in [3.05, 3.63) is 74.9 Å². The van der Waals surface area contributed by atoms with Gasteiger partial charge in [-0.05, 0) is 36.2 Å². The zero-order chi connectivity index (χ0) is 20.7. The Balaban J connectivity index is 2.05. The van der Waals surface area contributed by atoms with Gasteiger partial charge in [0.1, 0.15) is 11.1 Å². The Morgan fingerprint density at radius 3 is 2.31 bits per heavy atom. The second-order valence-corrected chi connectivity index (χ2v) is 6.86. The maximum atomic E-state index is 13.0. The third-order valence-electron chi connectivity index (χ3n) is 5.06. The number of fused-ring (bicyclic) bond motifs is 1. The van der Waals surface area contributed by atoms with Gasteiger partial charge in [0.15, 0.2) is 0 Å². The summed E-state index contributed by atoms with van der Waals surface area (Å²) < 4.78 is 13.7. The fraction of sp³-hybridized carbons (Fsp3) is 0.182. The van der Waals surface area contributed by atoms with Gasteiger partial charge in [-0.1, -0.05) is 30.3 Å². The fourth-order valence-electron chi connectivity index (χ4n) is 3.38. The van der Waals surface area contributed by atoms with E-state index in [1.807, 2.05) is 55.5 Å². The Kier molecular flexibility index (Phi) is 4.50. The molecule has 0 bridgehead atoms. The lowest BCUT2D eigenvalue weighted by atomic mass is 10.0. The third-order valence-corrected chi connectivity index (χ3v) is 5.06. The number of nitrogens with one attached hydrogen (secondary N) is 1. The number of benzene rings is 2. The zero-order valence-corrected chi connectivity index (χ0v) is 16.6. The van der Waals surface area contributed by atoms with Crippen molar-refractivity contribution in [1.29, 1.82) is 0 Å². The number of hydrogen-bond donors (Lipinski definition) is 1. The van der Waals surface area contributed by atoms with Crippen molar-refractivity contribution in [2.45, 2.75) is 6.92 Å². The molecule has 0 unspecified atom stereocenters. The lowest BCUT2D eigenvalue weighted by Gasteiger charge is -2.09. The van der Waals surface area contributed by atoms with Crippen LogP contribution in [0.3, 0.4) is 0 Å². The van der Waals surface area contributed by atoms with E-state index in [1.165, 1.54) is 11.6 Å². The van der Waals surface area contributed by atoms with Gasteiger partial charge in [-0.15, -0.1) is 0 Å². The first-order valence-corrected chi connectivity index (χ1v) is 9.12. The van der Waals surface area contributed by atoms with Gasteiger partial charge in [0.2, 0.25) is 11.6 Å². The standard InChI is InChI=1S/C22H21N3O4/c1-13-7-5-6-8-16(13)23-19-17(14-9-11-15(28-4)12-10-14)18-20(26)24(2)22(27)25(3)21(18)29-19/h5-12,23H,1-4H3. The normalized spacial score (nSPS) is 11.0. The molecule has 1 N–H and O–H groups in total. The van der Waals surface area contributed by atoms with Gasteiger partial charge < -0.3 is 14.5 Å². The fourth-order valence-corrected chi connectivity index (χ4v) is 3.38. The number of para-hydroxylation sites is 1. The molecule has 7 nitrogen and oxygen atoms in total. The first-order valence-electron chi connectivity index (χ1n) is 9.12. The van der Waals surface area contributed by atoms with Crippen molar-refractivity contribution in [2.24, 2.45) is 14.1 Å². The molecule has 7 heteroatoms. The molecule has 0 spiro atoms. The Morgan fingerprint density at radius 1 is 0.966 bits per heavy atom. The number of rotatable bonds is 4. The second kappa shape index (κ2) is 7.01. The molecule has 0 aliphatic rings. The van der Waals surface area contributed by atoms with E-state index in [2.05, 4.69) is 5.32 Å². The largest absolute Gasteiger partial charge is 0.497 e. The summed E-state index contributed by atoms with van der Waals surface area (Å²) in [6.07, 6.45) is 0. The first kappa shape index (κ1) is 18.6. The molecule has 0 amide bonds. The molecular formula is C22H21N3O4. The highest BCUT2D eigenvalue weighted by atomic mass is 16.5. The maximum absolute atomic E-state index is 13.0. The van der Waals surface area contributed by atoms with Crippen LogP contribution >= 0.6 is 0 Å². The Labute approximate surface area is 166 Å². The lowest BCUT2D eigenvalue weighted by Crippen LogP contribution is -2.36. The van der Waals surface area contributed by atoms with Crippen LogP contribution in [0, 0.1) is 6.92 Å². The number of anilines is 2. The van der Waals surface area contributed by atoms with E-state index in [0.29, 0.717) is 22.6 Å². The number of ether oxygens (including phenoxy) is 1. The van der Waals surface area contributed by atoms with Crippen molar-refractivity contribution in [3.63, 3.8) is 0 Å². The average molecular weight is 391 g/mol. The average Bonchev–Trinajstić information content (AvgIpc) is 3.11. The number of aromatic nitrogens is 2. The molecule has 4 rings (SSSR count). The molecule has 4 aromatic rings. The van der Waals surface area contributed by atoms with E-state index in [-0.39, 0.29) is 5.71 Å². The summed E-state index contributed by atoms with van der Waals surface area (Å²) >= 11 is 0. The van der Waals surface area contributed by atoms with Gasteiger partial charge in [-0.2, -0.15) is 0 Å². The molecule has 148 valence electrons. The minimum absolute atomic E-state index is 0.222. The van der Waals surface area contributed by atoms with Crippen molar-refractivity contribution in [3.8, 4) is 16.9 Å². The van der Waals surface area contributed by atoms with E-state index in [1.54, 1.807) is 14.2 Å². The van der Waals surface area contributed by atoms with Crippen molar-refractivity contribution >= 4 is 22.7 Å². The van der Waals surface area contributed by atoms with Crippen LogP contribution in [0.25, 0.3) is 22.2 Å². The Hall–Kier alpha value is -3.74. The van der Waals surface area contributed by atoms with Crippen LogP contribution in [0.1, 0.15) is 5.56 Å². The van der Waals surface area contributed by atoms with Crippen LogP contribution in [-0.4, -0.2) is 16.2 Å². The monoisotopic (exact) mass is 391 g/mol. The predicted octanol–water partition coefficient (Wildman–Crippen LogP) is 3.56. The highest BCUT2D eigenvalue weighted by Gasteiger charge is 2.23. The maximum Gasteiger partial charge on any atom is 0.333 e. The summed E-state index contributed by atoms with van der Waals surface area (Å²) in [5, 5.41) is 3.63. The molecule has 2 aromatic carbocycles. The van der Waals surface area contributed by atoms with Gasteiger partial charge in [0, 0.05) is 19.8 Å². The molecule has 0 fully saturated rings. The van der Waals surface area contributed by atoms with Crippen LogP contribution in [0.5, 0.6) is 5.75 Å². The topological polar surface area (TPSA) is 78.4 Å². The van der Waals surface area contributed by atoms with Gasteiger partial charge in [-0.25, -0.2) is 4.79 Å². The molecule has 0 aliphatic carbocycles. The van der Waals surface area contributed by atoms with Crippen LogP contribution < -0.4 is 21.3 Å². The molecule has 0 radical (unpaired) electrons. The molecule has 2 heterocycles. The number of aryl methyl sites for hydroxylation is 2. The van der Waals surface area contributed by atoms with Gasteiger partial charge in [0.05, 0.1) is 12.7 Å². The van der Waals surface area contributed by atoms with E-state index in [4.69, 9.17) is 9.15 Å². The van der Waals surface area contributed by atoms with Crippen molar-refractivity contribution < 1.29 is 9.15 Å². The quantitative estimate of drug-likeness (QED) is 0.576. The smallest absolute Gasteiger partial charge is 0.333 e. The summed E-state index contributed by atoms with van der Waals surface area (Å²) in [4.78, 5) is 25.4. The minimum Gasteiger partial charge on any atom is -0.497 e. The summed E-state index contributed by atoms with van der Waals surface area (Å²) in [6.45, 7) is 1.98. The molecule has 0 saturated carbocycles. The molecule has 29 heavy (non-hydrogen) atoms. The highest BCUT2D eigenvalue weighted by Crippen LogP contribution is 2.38. The van der Waals surface area contributed by atoms with Gasteiger partial charge in [-0.3, -0.25) is 13.9 Å². The molecular weight excluding hydrogens is 370 g/mol. The summed E-state index contributed by atoms with van der Waals surface area (Å²) in [7, 11) is 4.64. The lowest BCUT2D eigenvalue weighted by molar-refractivity contribution is 0.415. The second-order valence-electron chi connectivity index (χ2n) is 6.86. The van der Waals surface area contributed by atoms with E-state index in [0.717, 1.165) is 21.4 Å². The third kappa shape index (κ3) is 3.00.